The number of nitrogens with zero attached hydrogens (tertiary/aromatic N) is 1. The fraction of sp³-hybridized carbons (Fsp3) is 0.571. The minimum absolute atomic E-state index is 0.262. The molecular formula is C14H23ClN2O2S. The minimum atomic E-state index is -3.44. The Morgan fingerprint density at radius 2 is 1.95 bits per heavy atom. The van der Waals surface area contributed by atoms with Gasteiger partial charge in [0.05, 0.1) is 4.90 Å². The van der Waals surface area contributed by atoms with Crippen molar-refractivity contribution in [3.05, 3.63) is 28.8 Å². The van der Waals surface area contributed by atoms with Crippen molar-refractivity contribution < 1.29 is 8.42 Å². The van der Waals surface area contributed by atoms with Crippen molar-refractivity contribution >= 4 is 21.6 Å². The summed E-state index contributed by atoms with van der Waals surface area (Å²) in [5, 5.41) is 3.66. The van der Waals surface area contributed by atoms with E-state index in [0.29, 0.717) is 24.7 Å². The van der Waals surface area contributed by atoms with Crippen LogP contribution in [0.5, 0.6) is 0 Å². The largest absolute Gasteiger partial charge is 0.313 e. The van der Waals surface area contributed by atoms with Crippen LogP contribution in [0.3, 0.4) is 0 Å². The van der Waals surface area contributed by atoms with Gasteiger partial charge in [0.15, 0.2) is 0 Å². The Morgan fingerprint density at radius 1 is 1.25 bits per heavy atom. The van der Waals surface area contributed by atoms with Gasteiger partial charge >= 0.3 is 0 Å². The van der Waals surface area contributed by atoms with E-state index in [2.05, 4.69) is 5.32 Å². The molecule has 0 saturated heterocycles. The van der Waals surface area contributed by atoms with Gasteiger partial charge < -0.3 is 5.32 Å². The van der Waals surface area contributed by atoms with Crippen LogP contribution in [0.25, 0.3) is 0 Å². The molecule has 1 N–H and O–H groups in total. The lowest BCUT2D eigenvalue weighted by Gasteiger charge is -2.20. The van der Waals surface area contributed by atoms with Gasteiger partial charge in [0, 0.05) is 24.7 Å². The smallest absolute Gasteiger partial charge is 0.243 e. The molecule has 1 rings (SSSR count). The molecule has 4 nitrogen and oxygen atoms in total. The van der Waals surface area contributed by atoms with Crippen molar-refractivity contribution in [3.8, 4) is 0 Å². The summed E-state index contributed by atoms with van der Waals surface area (Å²) < 4.78 is 26.4. The molecule has 0 spiro atoms. The van der Waals surface area contributed by atoms with Gasteiger partial charge in [0.1, 0.15) is 0 Å². The Labute approximate surface area is 127 Å². The fourth-order valence-corrected chi connectivity index (χ4v) is 3.82. The molecule has 0 aliphatic heterocycles. The van der Waals surface area contributed by atoms with E-state index in [4.69, 9.17) is 11.6 Å². The highest BCUT2D eigenvalue weighted by atomic mass is 35.5. The summed E-state index contributed by atoms with van der Waals surface area (Å²) in [6, 6.07) is 4.95. The van der Waals surface area contributed by atoms with Crippen molar-refractivity contribution in [1.82, 2.24) is 9.62 Å². The maximum atomic E-state index is 12.5. The molecule has 0 aromatic heterocycles. The van der Waals surface area contributed by atoms with Crippen molar-refractivity contribution in [1.29, 1.82) is 0 Å². The first kappa shape index (κ1) is 17.4. The van der Waals surface area contributed by atoms with Gasteiger partial charge in [-0.15, -0.1) is 0 Å². The second-order valence-corrected chi connectivity index (χ2v) is 6.88. The fourth-order valence-electron chi connectivity index (χ4n) is 1.94. The third-order valence-corrected chi connectivity index (χ3v) is 5.38. The highest BCUT2D eigenvalue weighted by Crippen LogP contribution is 2.23. The number of benzene rings is 1. The zero-order valence-electron chi connectivity index (χ0n) is 12.3. The zero-order chi connectivity index (χ0) is 15.2. The van der Waals surface area contributed by atoms with E-state index >= 15 is 0 Å². The lowest BCUT2D eigenvalue weighted by molar-refractivity contribution is 0.427. The molecule has 0 fully saturated rings. The van der Waals surface area contributed by atoms with E-state index in [1.165, 1.54) is 4.31 Å². The van der Waals surface area contributed by atoms with Crippen LogP contribution in [0.2, 0.25) is 5.02 Å². The molecule has 0 amide bonds. The average molecular weight is 319 g/mol. The summed E-state index contributed by atoms with van der Waals surface area (Å²) in [5.41, 5.74) is 0.908. The number of nitrogens with one attached hydrogen (secondary N) is 1. The quantitative estimate of drug-likeness (QED) is 0.802. The third-order valence-electron chi connectivity index (χ3n) is 3.05. The number of rotatable bonds is 8. The number of hydrogen-bond acceptors (Lipinski definition) is 3. The van der Waals surface area contributed by atoms with Gasteiger partial charge in [-0.3, -0.25) is 0 Å². The maximum Gasteiger partial charge on any atom is 0.243 e. The maximum absolute atomic E-state index is 12.5. The number of halogens is 1. The highest BCUT2D eigenvalue weighted by Gasteiger charge is 2.22. The Kier molecular flexibility index (Phi) is 6.95. The standard InChI is InChI=1S/C14H23ClN2O2S/c1-4-9-17(6-3)20(18,19)13-8-7-12(11-16-5-2)14(15)10-13/h7-8,10,16H,4-6,9,11H2,1-3H3. The summed E-state index contributed by atoms with van der Waals surface area (Å²) in [5.74, 6) is 0. The molecule has 0 atom stereocenters. The van der Waals surface area contributed by atoms with Crippen LogP contribution >= 0.6 is 11.6 Å². The summed E-state index contributed by atoms with van der Waals surface area (Å²) in [7, 11) is -3.44. The van der Waals surface area contributed by atoms with Crippen LogP contribution in [0.4, 0.5) is 0 Å². The Morgan fingerprint density at radius 3 is 2.45 bits per heavy atom. The SMILES string of the molecule is CCCN(CC)S(=O)(=O)c1ccc(CNCC)c(Cl)c1. The molecule has 1 aromatic carbocycles. The van der Waals surface area contributed by atoms with Crippen molar-refractivity contribution in [2.24, 2.45) is 0 Å². The summed E-state index contributed by atoms with van der Waals surface area (Å²) in [6.07, 6.45) is 0.791. The molecular weight excluding hydrogens is 296 g/mol. The molecule has 20 heavy (non-hydrogen) atoms. The van der Waals surface area contributed by atoms with Crippen LogP contribution in [0, 0.1) is 0 Å². The minimum Gasteiger partial charge on any atom is -0.313 e. The lowest BCUT2D eigenvalue weighted by Crippen LogP contribution is -2.31. The van der Waals surface area contributed by atoms with Crippen molar-refractivity contribution in [3.63, 3.8) is 0 Å². The Balaban J connectivity index is 3.04. The van der Waals surface area contributed by atoms with Gasteiger partial charge in [-0.05, 0) is 30.7 Å². The number of sulfonamides is 1. The van der Waals surface area contributed by atoms with Gasteiger partial charge in [-0.25, -0.2) is 8.42 Å². The summed E-state index contributed by atoms with van der Waals surface area (Å²) in [4.78, 5) is 0.262. The van der Waals surface area contributed by atoms with E-state index in [0.717, 1.165) is 18.5 Å². The monoisotopic (exact) mass is 318 g/mol. The summed E-state index contributed by atoms with van der Waals surface area (Å²) in [6.45, 7) is 8.29. The van der Waals surface area contributed by atoms with Gasteiger partial charge in [0.25, 0.3) is 0 Å². The van der Waals surface area contributed by atoms with Crippen LogP contribution in [-0.2, 0) is 16.6 Å². The van der Waals surface area contributed by atoms with Crippen molar-refractivity contribution in [2.75, 3.05) is 19.6 Å². The molecule has 0 aliphatic rings. The first-order valence-corrected chi connectivity index (χ1v) is 8.78. The van der Waals surface area contributed by atoms with Gasteiger partial charge in [-0.1, -0.05) is 38.4 Å². The molecule has 1 aromatic rings. The highest BCUT2D eigenvalue weighted by molar-refractivity contribution is 7.89. The van der Waals surface area contributed by atoms with E-state index in [-0.39, 0.29) is 4.90 Å². The Hall–Kier alpha value is -0.620. The van der Waals surface area contributed by atoms with Gasteiger partial charge in [-0.2, -0.15) is 4.31 Å². The molecule has 0 unspecified atom stereocenters. The first-order valence-electron chi connectivity index (χ1n) is 6.96. The second kappa shape index (κ2) is 7.98. The van der Waals surface area contributed by atoms with Crippen LogP contribution < -0.4 is 5.32 Å². The van der Waals surface area contributed by atoms with E-state index in [1.807, 2.05) is 20.8 Å². The average Bonchev–Trinajstić information content (AvgIpc) is 2.43. The lowest BCUT2D eigenvalue weighted by atomic mass is 10.2. The van der Waals surface area contributed by atoms with Crippen LogP contribution in [0.1, 0.15) is 32.8 Å². The molecule has 0 radical (unpaired) electrons. The molecule has 114 valence electrons. The van der Waals surface area contributed by atoms with Crippen LogP contribution in [0.15, 0.2) is 23.1 Å². The molecule has 0 saturated carbocycles. The third kappa shape index (κ3) is 4.19. The van der Waals surface area contributed by atoms with Crippen LogP contribution in [-0.4, -0.2) is 32.4 Å². The van der Waals surface area contributed by atoms with E-state index < -0.39 is 10.0 Å². The van der Waals surface area contributed by atoms with E-state index in [1.54, 1.807) is 18.2 Å². The topological polar surface area (TPSA) is 49.4 Å². The Bertz CT molecular complexity index is 532. The molecule has 6 heteroatoms. The second-order valence-electron chi connectivity index (χ2n) is 4.53. The predicted octanol–water partition coefficient (Wildman–Crippen LogP) is 2.87. The first-order chi connectivity index (χ1) is 9.47. The van der Waals surface area contributed by atoms with Gasteiger partial charge in [0.2, 0.25) is 10.0 Å². The normalized spacial score (nSPS) is 12.1. The molecule has 0 bridgehead atoms. The molecule has 0 heterocycles. The van der Waals surface area contributed by atoms with E-state index in [9.17, 15) is 8.42 Å². The predicted molar refractivity (Wildman–Crippen MR) is 83.6 cm³/mol. The zero-order valence-corrected chi connectivity index (χ0v) is 13.9. The molecule has 0 aliphatic carbocycles. The summed E-state index contributed by atoms with van der Waals surface area (Å²) >= 11 is 6.17. The number of hydrogen-bond donors (Lipinski definition) is 1. The van der Waals surface area contributed by atoms with Crippen molar-refractivity contribution in [2.45, 2.75) is 38.6 Å².